The van der Waals surface area contributed by atoms with Gasteiger partial charge in [0.25, 0.3) is 5.91 Å². The second-order valence-corrected chi connectivity index (χ2v) is 5.00. The van der Waals surface area contributed by atoms with Crippen molar-refractivity contribution in [2.24, 2.45) is 5.73 Å². The highest BCUT2D eigenvalue weighted by Crippen LogP contribution is 2.17. The van der Waals surface area contributed by atoms with Crippen LogP contribution in [0.15, 0.2) is 0 Å². The Labute approximate surface area is 107 Å². The third-order valence-corrected chi connectivity index (χ3v) is 3.26. The Bertz CT molecular complexity index is 372. The lowest BCUT2D eigenvalue weighted by Crippen LogP contribution is -2.40. The van der Waals surface area contributed by atoms with Gasteiger partial charge in [-0.05, 0) is 25.7 Å². The van der Waals surface area contributed by atoms with Gasteiger partial charge in [0.05, 0.1) is 0 Å². The van der Waals surface area contributed by atoms with Crippen molar-refractivity contribution >= 4 is 28.5 Å². The number of carbonyl (C=O) groups excluding carboxylic acids is 1. The number of amides is 1. The van der Waals surface area contributed by atoms with Crippen molar-refractivity contribution in [1.82, 2.24) is 20.5 Å². The number of aromatic amines is 1. The van der Waals surface area contributed by atoms with Gasteiger partial charge in [-0.2, -0.15) is 4.98 Å². The molecule has 1 saturated carbocycles. The Morgan fingerprint density at radius 3 is 2.69 bits per heavy atom. The molecule has 88 valence electrons. The number of aromatic nitrogens is 3. The summed E-state index contributed by atoms with van der Waals surface area (Å²) >= 11 is 1.96. The van der Waals surface area contributed by atoms with Gasteiger partial charge in [0, 0.05) is 34.7 Å². The van der Waals surface area contributed by atoms with E-state index in [9.17, 15) is 4.79 Å². The van der Waals surface area contributed by atoms with Crippen molar-refractivity contribution in [3.63, 3.8) is 0 Å². The number of H-pyrrole nitrogens is 1. The van der Waals surface area contributed by atoms with Crippen LogP contribution in [0, 0.1) is 3.83 Å². The van der Waals surface area contributed by atoms with Gasteiger partial charge in [-0.15, -0.1) is 5.10 Å². The molecule has 0 aliphatic heterocycles. The van der Waals surface area contributed by atoms with Crippen molar-refractivity contribution < 1.29 is 4.79 Å². The molecule has 0 atom stereocenters. The summed E-state index contributed by atoms with van der Waals surface area (Å²) in [5, 5.41) is 9.35. The molecular weight excluding hydrogens is 321 g/mol. The van der Waals surface area contributed by atoms with Gasteiger partial charge in [-0.25, -0.2) is 0 Å². The minimum Gasteiger partial charge on any atom is -0.347 e. The number of hydrogen-bond donors (Lipinski definition) is 3. The monoisotopic (exact) mass is 335 g/mol. The van der Waals surface area contributed by atoms with Crippen LogP contribution in [0.4, 0.5) is 0 Å². The summed E-state index contributed by atoms with van der Waals surface area (Å²) in [5.74, 6) is 0.0927. The fourth-order valence-corrected chi connectivity index (χ4v) is 2.22. The average molecular weight is 335 g/mol. The number of nitrogens with one attached hydrogen (secondary N) is 2. The van der Waals surface area contributed by atoms with E-state index in [1.165, 1.54) is 0 Å². The Morgan fingerprint density at radius 1 is 1.44 bits per heavy atom. The highest BCUT2D eigenvalue weighted by Gasteiger charge is 2.21. The highest BCUT2D eigenvalue weighted by molar-refractivity contribution is 14.1. The van der Waals surface area contributed by atoms with E-state index in [1.807, 2.05) is 22.6 Å². The van der Waals surface area contributed by atoms with E-state index in [-0.39, 0.29) is 17.8 Å². The predicted octanol–water partition coefficient (Wildman–Crippen LogP) is 0.409. The molecule has 1 amide bonds. The zero-order chi connectivity index (χ0) is 11.5. The molecule has 0 aromatic carbocycles. The molecule has 0 unspecified atom stereocenters. The Morgan fingerprint density at radius 2 is 2.12 bits per heavy atom. The third-order valence-electron chi connectivity index (χ3n) is 2.78. The average Bonchev–Trinajstić information content (AvgIpc) is 2.68. The molecular formula is C9H14IN5O. The molecule has 1 aromatic heterocycles. The molecule has 2 rings (SSSR count). The zero-order valence-electron chi connectivity index (χ0n) is 8.74. The van der Waals surface area contributed by atoms with E-state index in [1.54, 1.807) is 0 Å². The summed E-state index contributed by atoms with van der Waals surface area (Å²) in [5.41, 5.74) is 5.80. The molecule has 1 aliphatic rings. The molecule has 16 heavy (non-hydrogen) atoms. The number of nitrogens with zero attached hydrogens (tertiary/aromatic N) is 2. The van der Waals surface area contributed by atoms with Crippen LogP contribution in [-0.2, 0) is 0 Å². The van der Waals surface area contributed by atoms with Gasteiger partial charge in [0.1, 0.15) is 0 Å². The van der Waals surface area contributed by atoms with Crippen LogP contribution in [0.1, 0.15) is 36.3 Å². The number of nitrogens with two attached hydrogens (primary N) is 1. The summed E-state index contributed by atoms with van der Waals surface area (Å²) in [7, 11) is 0. The Hall–Kier alpha value is -0.700. The SMILES string of the molecule is N[C@H]1CC[C@H](NC(=O)c2nc(I)n[nH]2)CC1. The highest BCUT2D eigenvalue weighted by atomic mass is 127. The second-order valence-electron chi connectivity index (χ2n) is 4.04. The van der Waals surface area contributed by atoms with Crippen LogP contribution in [0.2, 0.25) is 0 Å². The van der Waals surface area contributed by atoms with Crippen molar-refractivity contribution in [1.29, 1.82) is 0 Å². The van der Waals surface area contributed by atoms with E-state index in [0.29, 0.717) is 9.87 Å². The van der Waals surface area contributed by atoms with Gasteiger partial charge in [0.15, 0.2) is 0 Å². The zero-order valence-corrected chi connectivity index (χ0v) is 10.9. The first-order valence-corrected chi connectivity index (χ1v) is 6.37. The quantitative estimate of drug-likeness (QED) is 0.682. The number of rotatable bonds is 2. The molecule has 1 fully saturated rings. The third kappa shape index (κ3) is 2.91. The van der Waals surface area contributed by atoms with Crippen LogP contribution < -0.4 is 11.1 Å². The van der Waals surface area contributed by atoms with Crippen molar-refractivity contribution in [2.45, 2.75) is 37.8 Å². The molecule has 1 aliphatic carbocycles. The first-order chi connectivity index (χ1) is 7.65. The second kappa shape index (κ2) is 5.09. The summed E-state index contributed by atoms with van der Waals surface area (Å²) in [6.07, 6.45) is 3.83. The first-order valence-electron chi connectivity index (χ1n) is 5.29. The maximum Gasteiger partial charge on any atom is 0.288 e. The van der Waals surface area contributed by atoms with Crippen LogP contribution in [-0.4, -0.2) is 33.2 Å². The van der Waals surface area contributed by atoms with Gasteiger partial charge in [-0.3, -0.25) is 9.89 Å². The molecule has 7 heteroatoms. The lowest BCUT2D eigenvalue weighted by atomic mass is 9.92. The largest absolute Gasteiger partial charge is 0.347 e. The first kappa shape index (κ1) is 11.8. The maximum atomic E-state index is 11.7. The lowest BCUT2D eigenvalue weighted by molar-refractivity contribution is 0.0915. The molecule has 0 radical (unpaired) electrons. The van der Waals surface area contributed by atoms with Crippen molar-refractivity contribution in [3.05, 3.63) is 9.66 Å². The van der Waals surface area contributed by atoms with E-state index < -0.39 is 0 Å². The lowest BCUT2D eigenvalue weighted by Gasteiger charge is -2.26. The minimum absolute atomic E-state index is 0.184. The van der Waals surface area contributed by atoms with Crippen molar-refractivity contribution in [3.8, 4) is 0 Å². The molecule has 1 heterocycles. The summed E-state index contributed by atoms with van der Waals surface area (Å²) in [6, 6.07) is 0.509. The Kier molecular flexibility index (Phi) is 3.74. The van der Waals surface area contributed by atoms with Gasteiger partial charge in [-0.1, -0.05) is 0 Å². The smallest absolute Gasteiger partial charge is 0.288 e. The summed E-state index contributed by atoms with van der Waals surface area (Å²) < 4.78 is 0.549. The van der Waals surface area contributed by atoms with Crippen LogP contribution in [0.3, 0.4) is 0 Å². The number of hydrogen-bond acceptors (Lipinski definition) is 4. The molecule has 0 spiro atoms. The number of carbonyl (C=O) groups is 1. The molecule has 6 nitrogen and oxygen atoms in total. The fraction of sp³-hybridized carbons (Fsp3) is 0.667. The van der Waals surface area contributed by atoms with E-state index in [4.69, 9.17) is 5.73 Å². The maximum absolute atomic E-state index is 11.7. The number of halogens is 1. The molecule has 0 bridgehead atoms. The van der Waals surface area contributed by atoms with Crippen LogP contribution in [0.25, 0.3) is 0 Å². The van der Waals surface area contributed by atoms with Gasteiger partial charge in [0.2, 0.25) is 9.66 Å². The predicted molar refractivity (Wildman–Crippen MR) is 66.8 cm³/mol. The van der Waals surface area contributed by atoms with Crippen LogP contribution >= 0.6 is 22.6 Å². The fourth-order valence-electron chi connectivity index (χ4n) is 1.86. The minimum atomic E-state index is -0.184. The summed E-state index contributed by atoms with van der Waals surface area (Å²) in [6.45, 7) is 0. The van der Waals surface area contributed by atoms with Crippen LogP contribution in [0.5, 0.6) is 0 Å². The summed E-state index contributed by atoms with van der Waals surface area (Å²) in [4.78, 5) is 15.7. The Balaban J connectivity index is 1.88. The topological polar surface area (TPSA) is 96.7 Å². The van der Waals surface area contributed by atoms with E-state index in [0.717, 1.165) is 25.7 Å². The normalized spacial score (nSPS) is 25.4. The standard InChI is InChI=1S/C9H14IN5O/c10-9-13-7(14-15-9)8(16)12-6-3-1-5(11)2-4-6/h5-6H,1-4,11H2,(H,12,16)(H,13,14,15)/t5-,6-. The molecule has 0 saturated heterocycles. The van der Waals surface area contributed by atoms with E-state index >= 15 is 0 Å². The van der Waals surface area contributed by atoms with Gasteiger partial charge >= 0.3 is 0 Å². The van der Waals surface area contributed by atoms with Crippen molar-refractivity contribution in [2.75, 3.05) is 0 Å². The molecule has 4 N–H and O–H groups in total. The van der Waals surface area contributed by atoms with Gasteiger partial charge < -0.3 is 11.1 Å². The van der Waals surface area contributed by atoms with E-state index in [2.05, 4.69) is 20.5 Å². The molecule has 1 aromatic rings.